The first-order valence-electron chi connectivity index (χ1n) is 7.94. The molecule has 0 radical (unpaired) electrons. The number of hydrogen-bond acceptors (Lipinski definition) is 2. The summed E-state index contributed by atoms with van der Waals surface area (Å²) in [5, 5.41) is 0.944. The highest BCUT2D eigenvalue weighted by Gasteiger charge is 2.37. The van der Waals surface area contributed by atoms with E-state index in [1.165, 1.54) is 41.0 Å². The predicted octanol–water partition coefficient (Wildman–Crippen LogP) is 5.77. The van der Waals surface area contributed by atoms with Crippen LogP contribution in [0.3, 0.4) is 0 Å². The molecule has 23 heavy (non-hydrogen) atoms. The van der Waals surface area contributed by atoms with E-state index < -0.39 is 0 Å². The van der Waals surface area contributed by atoms with Gasteiger partial charge in [-0.15, -0.1) is 24.2 Å². The van der Waals surface area contributed by atoms with E-state index in [1.807, 2.05) is 0 Å². The molecule has 2 aromatic carbocycles. The maximum atomic E-state index is 6.58. The molecule has 0 aromatic heterocycles. The summed E-state index contributed by atoms with van der Waals surface area (Å²) in [5.74, 6) is 0.443. The SMILES string of the molecule is CSc1ccc(C2CN3CCC[C@@H]3c3c(Cl)cccc32)cc1.Cl. The van der Waals surface area contributed by atoms with Gasteiger partial charge in [0, 0.05) is 28.4 Å². The van der Waals surface area contributed by atoms with Gasteiger partial charge in [-0.25, -0.2) is 0 Å². The molecule has 122 valence electrons. The molecular formula is C19H21Cl2NS. The van der Waals surface area contributed by atoms with Crippen LogP contribution >= 0.6 is 35.8 Å². The average molecular weight is 366 g/mol. The molecule has 0 saturated carbocycles. The molecule has 0 aliphatic carbocycles. The topological polar surface area (TPSA) is 3.24 Å². The van der Waals surface area contributed by atoms with Crippen molar-refractivity contribution in [1.82, 2.24) is 4.90 Å². The molecule has 2 aliphatic rings. The minimum atomic E-state index is 0. The first-order valence-corrected chi connectivity index (χ1v) is 9.54. The fraction of sp³-hybridized carbons (Fsp3) is 0.368. The Labute approximate surface area is 153 Å². The summed E-state index contributed by atoms with van der Waals surface area (Å²) < 4.78 is 0. The van der Waals surface area contributed by atoms with E-state index in [4.69, 9.17) is 11.6 Å². The second-order valence-corrected chi connectivity index (χ2v) is 7.51. The third kappa shape index (κ3) is 3.02. The zero-order valence-electron chi connectivity index (χ0n) is 13.2. The van der Waals surface area contributed by atoms with E-state index >= 15 is 0 Å². The molecule has 2 heterocycles. The van der Waals surface area contributed by atoms with Crippen molar-refractivity contribution in [3.63, 3.8) is 0 Å². The summed E-state index contributed by atoms with van der Waals surface area (Å²) >= 11 is 8.38. The van der Waals surface area contributed by atoms with Crippen molar-refractivity contribution in [3.05, 3.63) is 64.2 Å². The molecule has 0 bridgehead atoms. The number of halogens is 2. The van der Waals surface area contributed by atoms with Crippen molar-refractivity contribution in [2.45, 2.75) is 29.7 Å². The van der Waals surface area contributed by atoms with Gasteiger partial charge in [-0.3, -0.25) is 4.90 Å². The van der Waals surface area contributed by atoms with E-state index in [0.29, 0.717) is 12.0 Å². The van der Waals surface area contributed by atoms with E-state index in [0.717, 1.165) is 11.6 Å². The normalized spacial score (nSPS) is 23.0. The Morgan fingerprint density at radius 2 is 1.91 bits per heavy atom. The summed E-state index contributed by atoms with van der Waals surface area (Å²) in [6.45, 7) is 2.32. The van der Waals surface area contributed by atoms with Gasteiger partial charge in [0.25, 0.3) is 0 Å². The zero-order valence-corrected chi connectivity index (χ0v) is 15.6. The molecule has 1 fully saturated rings. The predicted molar refractivity (Wildman–Crippen MR) is 102 cm³/mol. The second kappa shape index (κ2) is 7.06. The van der Waals surface area contributed by atoms with Crippen molar-refractivity contribution in [1.29, 1.82) is 0 Å². The van der Waals surface area contributed by atoms with Gasteiger partial charge < -0.3 is 0 Å². The van der Waals surface area contributed by atoms with E-state index in [9.17, 15) is 0 Å². The third-order valence-corrected chi connectivity index (χ3v) is 6.17. The van der Waals surface area contributed by atoms with Gasteiger partial charge in [-0.05, 0) is 60.5 Å². The van der Waals surface area contributed by atoms with Crippen LogP contribution in [0, 0.1) is 0 Å². The van der Waals surface area contributed by atoms with Crippen molar-refractivity contribution in [3.8, 4) is 0 Å². The summed E-state index contributed by atoms with van der Waals surface area (Å²) in [5.41, 5.74) is 4.23. The highest BCUT2D eigenvalue weighted by atomic mass is 35.5. The Kier molecular flexibility index (Phi) is 5.27. The van der Waals surface area contributed by atoms with Crippen molar-refractivity contribution in [2.75, 3.05) is 19.3 Å². The number of hydrogen-bond donors (Lipinski definition) is 0. The van der Waals surface area contributed by atoms with Crippen LogP contribution in [0.25, 0.3) is 0 Å². The molecule has 1 saturated heterocycles. The summed E-state index contributed by atoms with van der Waals surface area (Å²) in [6, 6.07) is 16.0. The first-order chi connectivity index (χ1) is 10.8. The fourth-order valence-corrected chi connectivity index (χ4v) is 4.75. The minimum absolute atomic E-state index is 0. The highest BCUT2D eigenvalue weighted by molar-refractivity contribution is 7.98. The first kappa shape index (κ1) is 17.2. The van der Waals surface area contributed by atoms with E-state index in [1.54, 1.807) is 11.8 Å². The molecule has 0 amide bonds. The van der Waals surface area contributed by atoms with Gasteiger partial charge in [-0.2, -0.15) is 0 Å². The van der Waals surface area contributed by atoms with Crippen molar-refractivity contribution < 1.29 is 0 Å². The number of nitrogens with zero attached hydrogens (tertiary/aromatic N) is 1. The quantitative estimate of drug-likeness (QED) is 0.621. The summed E-state index contributed by atoms with van der Waals surface area (Å²) in [4.78, 5) is 3.95. The molecule has 4 heteroatoms. The van der Waals surface area contributed by atoms with Gasteiger partial charge in [0.05, 0.1) is 0 Å². The molecule has 1 unspecified atom stereocenters. The molecule has 1 nitrogen and oxygen atoms in total. The largest absolute Gasteiger partial charge is 0.295 e. The van der Waals surface area contributed by atoms with Crippen LogP contribution in [0.4, 0.5) is 0 Å². The smallest absolute Gasteiger partial charge is 0.0456 e. The van der Waals surface area contributed by atoms with Crippen molar-refractivity contribution >= 4 is 35.8 Å². The number of thioether (sulfide) groups is 1. The van der Waals surface area contributed by atoms with Gasteiger partial charge in [-0.1, -0.05) is 35.9 Å². The van der Waals surface area contributed by atoms with Crippen LogP contribution in [0.2, 0.25) is 5.02 Å². The lowest BCUT2D eigenvalue weighted by Gasteiger charge is -2.38. The lowest BCUT2D eigenvalue weighted by Crippen LogP contribution is -2.34. The average Bonchev–Trinajstić information content (AvgIpc) is 3.02. The highest BCUT2D eigenvalue weighted by Crippen LogP contribution is 2.46. The van der Waals surface area contributed by atoms with Crippen LogP contribution in [-0.4, -0.2) is 24.2 Å². The van der Waals surface area contributed by atoms with Crippen LogP contribution in [-0.2, 0) is 0 Å². The molecule has 4 rings (SSSR count). The van der Waals surface area contributed by atoms with Gasteiger partial charge in [0.2, 0.25) is 0 Å². The monoisotopic (exact) mass is 365 g/mol. The summed E-state index contributed by atoms with van der Waals surface area (Å²) in [7, 11) is 0. The molecular weight excluding hydrogens is 345 g/mol. The third-order valence-electron chi connectivity index (χ3n) is 5.09. The molecule has 0 spiro atoms. The molecule has 2 aliphatic heterocycles. The van der Waals surface area contributed by atoms with Crippen LogP contribution in [0.1, 0.15) is 41.5 Å². The Morgan fingerprint density at radius 1 is 1.13 bits per heavy atom. The Morgan fingerprint density at radius 3 is 2.65 bits per heavy atom. The van der Waals surface area contributed by atoms with Crippen LogP contribution < -0.4 is 0 Å². The van der Waals surface area contributed by atoms with Crippen LogP contribution in [0.5, 0.6) is 0 Å². The zero-order chi connectivity index (χ0) is 15.1. The van der Waals surface area contributed by atoms with Gasteiger partial charge in [0.15, 0.2) is 0 Å². The molecule has 2 aromatic rings. The Hall–Kier alpha value is -0.670. The number of fused-ring (bicyclic) bond motifs is 3. The van der Waals surface area contributed by atoms with E-state index in [2.05, 4.69) is 53.6 Å². The fourth-order valence-electron chi connectivity index (χ4n) is 4.03. The maximum Gasteiger partial charge on any atom is 0.0456 e. The Balaban J connectivity index is 0.00000156. The minimum Gasteiger partial charge on any atom is -0.295 e. The van der Waals surface area contributed by atoms with Gasteiger partial charge in [0.1, 0.15) is 0 Å². The van der Waals surface area contributed by atoms with Gasteiger partial charge >= 0.3 is 0 Å². The molecule has 0 N–H and O–H groups in total. The second-order valence-electron chi connectivity index (χ2n) is 6.22. The molecule has 2 atom stereocenters. The number of rotatable bonds is 2. The Bertz CT molecular complexity index is 686. The van der Waals surface area contributed by atoms with E-state index in [-0.39, 0.29) is 12.4 Å². The standard InChI is InChI=1S/C19H20ClNS.ClH/c1-22-14-9-7-13(8-10-14)16-12-21-11-3-6-18(21)19-15(16)4-2-5-17(19)20;/h2,4-5,7-10,16,18H,3,6,11-12H2,1H3;1H/t16?,18-;/m1./s1. The van der Waals surface area contributed by atoms with Crippen LogP contribution in [0.15, 0.2) is 47.4 Å². The van der Waals surface area contributed by atoms with Crippen molar-refractivity contribution in [2.24, 2.45) is 0 Å². The summed E-state index contributed by atoms with van der Waals surface area (Å²) in [6.07, 6.45) is 4.65. The lowest BCUT2D eigenvalue weighted by atomic mass is 9.81. The maximum absolute atomic E-state index is 6.58. The number of benzene rings is 2. The lowest BCUT2D eigenvalue weighted by molar-refractivity contribution is 0.230.